The van der Waals surface area contributed by atoms with Crippen molar-refractivity contribution in [1.82, 2.24) is 14.8 Å². The fraction of sp³-hybridized carbons (Fsp3) is 0.381. The third-order valence-electron chi connectivity index (χ3n) is 4.93. The fourth-order valence-electron chi connectivity index (χ4n) is 3.28. The quantitative estimate of drug-likeness (QED) is 0.821. The van der Waals surface area contributed by atoms with E-state index in [1.54, 1.807) is 14.1 Å². The Bertz CT molecular complexity index is 914. The van der Waals surface area contributed by atoms with E-state index in [4.69, 9.17) is 0 Å². The molecule has 7 heteroatoms. The van der Waals surface area contributed by atoms with Gasteiger partial charge < -0.3 is 19.7 Å². The third kappa shape index (κ3) is 4.60. The standard InChI is InChI=1S/C21H26N4O3/c1-23(2)20(27)15-25-14-17(9-10-19(25)26)21(28)22-13-16-7-3-4-8-18(16)24-11-5-6-12-24/h3-4,7-10,14H,5-6,11-13,15H2,1-2H3,(H,22,28). The number of carbonyl (C=O) groups excluding carboxylic acids is 2. The molecule has 3 rings (SSSR count). The van der Waals surface area contributed by atoms with Crippen LogP contribution in [0.2, 0.25) is 0 Å². The van der Waals surface area contributed by atoms with Gasteiger partial charge in [-0.15, -0.1) is 0 Å². The summed E-state index contributed by atoms with van der Waals surface area (Å²) in [7, 11) is 3.25. The van der Waals surface area contributed by atoms with Crippen LogP contribution in [0.25, 0.3) is 0 Å². The highest BCUT2D eigenvalue weighted by Gasteiger charge is 2.16. The highest BCUT2D eigenvalue weighted by atomic mass is 16.2. The molecule has 2 heterocycles. The molecule has 28 heavy (non-hydrogen) atoms. The number of hydrogen-bond donors (Lipinski definition) is 1. The summed E-state index contributed by atoms with van der Waals surface area (Å²) in [5, 5.41) is 2.93. The van der Waals surface area contributed by atoms with Gasteiger partial charge in [0.25, 0.3) is 11.5 Å². The summed E-state index contributed by atoms with van der Waals surface area (Å²) in [4.78, 5) is 40.2. The lowest BCUT2D eigenvalue weighted by Gasteiger charge is -2.21. The van der Waals surface area contributed by atoms with Crippen molar-refractivity contribution < 1.29 is 9.59 Å². The number of nitrogens with one attached hydrogen (secondary N) is 1. The van der Waals surface area contributed by atoms with Gasteiger partial charge in [0, 0.05) is 51.7 Å². The number of carbonyl (C=O) groups is 2. The Balaban J connectivity index is 1.70. The van der Waals surface area contributed by atoms with Crippen molar-refractivity contribution in [2.75, 3.05) is 32.1 Å². The molecule has 0 saturated carbocycles. The maximum Gasteiger partial charge on any atom is 0.253 e. The molecular formula is C21H26N4O3. The first-order valence-corrected chi connectivity index (χ1v) is 9.47. The van der Waals surface area contributed by atoms with E-state index in [1.807, 2.05) is 18.2 Å². The molecule has 0 unspecified atom stereocenters. The SMILES string of the molecule is CN(C)C(=O)Cn1cc(C(=O)NCc2ccccc2N2CCCC2)ccc1=O. The Labute approximate surface area is 164 Å². The summed E-state index contributed by atoms with van der Waals surface area (Å²) >= 11 is 0. The highest BCUT2D eigenvalue weighted by Crippen LogP contribution is 2.24. The van der Waals surface area contributed by atoms with Gasteiger partial charge in [0.2, 0.25) is 5.91 Å². The van der Waals surface area contributed by atoms with Gasteiger partial charge in [-0.05, 0) is 30.5 Å². The minimum atomic E-state index is -0.314. The molecule has 1 saturated heterocycles. The molecule has 1 aliphatic heterocycles. The molecule has 1 aromatic heterocycles. The molecule has 0 radical (unpaired) electrons. The van der Waals surface area contributed by atoms with Crippen LogP contribution in [0.1, 0.15) is 28.8 Å². The maximum absolute atomic E-state index is 12.6. The Hall–Kier alpha value is -3.09. The predicted octanol–water partition coefficient (Wildman–Crippen LogP) is 1.47. The molecule has 2 amide bonds. The van der Waals surface area contributed by atoms with Gasteiger partial charge in [0.15, 0.2) is 0 Å². The lowest BCUT2D eigenvalue weighted by Crippen LogP contribution is -2.32. The predicted molar refractivity (Wildman–Crippen MR) is 108 cm³/mol. The first-order valence-electron chi connectivity index (χ1n) is 9.47. The molecule has 1 aromatic carbocycles. The smallest absolute Gasteiger partial charge is 0.253 e. The van der Waals surface area contributed by atoms with Gasteiger partial charge in [-0.2, -0.15) is 0 Å². The molecular weight excluding hydrogens is 356 g/mol. The van der Waals surface area contributed by atoms with Crippen molar-refractivity contribution in [2.45, 2.75) is 25.9 Å². The van der Waals surface area contributed by atoms with E-state index in [1.165, 1.54) is 40.6 Å². The summed E-state index contributed by atoms with van der Waals surface area (Å²) in [6.45, 7) is 2.39. The zero-order chi connectivity index (χ0) is 20.1. The lowest BCUT2D eigenvalue weighted by molar-refractivity contribution is -0.129. The number of nitrogens with zero attached hydrogens (tertiary/aromatic N) is 3. The second-order valence-corrected chi connectivity index (χ2v) is 7.18. The first-order chi connectivity index (χ1) is 13.5. The molecule has 1 N–H and O–H groups in total. The van der Waals surface area contributed by atoms with Gasteiger partial charge in [-0.25, -0.2) is 0 Å². The Morgan fingerprint density at radius 3 is 2.50 bits per heavy atom. The fourth-order valence-corrected chi connectivity index (χ4v) is 3.28. The summed E-state index contributed by atoms with van der Waals surface area (Å²) < 4.78 is 1.26. The van der Waals surface area contributed by atoms with Gasteiger partial charge in [0.1, 0.15) is 6.54 Å². The number of hydrogen-bond acceptors (Lipinski definition) is 4. The third-order valence-corrected chi connectivity index (χ3v) is 4.93. The number of para-hydroxylation sites is 1. The summed E-state index contributed by atoms with van der Waals surface area (Å²) in [5.74, 6) is -0.485. The van der Waals surface area contributed by atoms with Crippen LogP contribution in [-0.2, 0) is 17.9 Å². The summed E-state index contributed by atoms with van der Waals surface area (Å²) in [5.41, 5.74) is 2.26. The molecule has 2 aromatic rings. The minimum Gasteiger partial charge on any atom is -0.371 e. The normalized spacial score (nSPS) is 13.4. The average Bonchev–Trinajstić information content (AvgIpc) is 3.22. The van der Waals surface area contributed by atoms with E-state index in [0.29, 0.717) is 12.1 Å². The summed E-state index contributed by atoms with van der Waals surface area (Å²) in [6.07, 6.45) is 3.81. The first kappa shape index (κ1) is 19.7. The monoisotopic (exact) mass is 382 g/mol. The van der Waals surface area contributed by atoms with Crippen LogP contribution >= 0.6 is 0 Å². The maximum atomic E-state index is 12.6. The number of rotatable bonds is 6. The highest BCUT2D eigenvalue weighted by molar-refractivity contribution is 5.94. The second-order valence-electron chi connectivity index (χ2n) is 7.18. The van der Waals surface area contributed by atoms with Gasteiger partial charge in [-0.1, -0.05) is 18.2 Å². The number of pyridine rings is 1. The molecule has 0 spiro atoms. The van der Waals surface area contributed by atoms with Crippen LogP contribution in [0.5, 0.6) is 0 Å². The number of benzene rings is 1. The zero-order valence-electron chi connectivity index (χ0n) is 16.4. The molecule has 1 fully saturated rings. The summed E-state index contributed by atoms with van der Waals surface area (Å²) in [6, 6.07) is 10.9. The van der Waals surface area contributed by atoms with Crippen LogP contribution in [0.15, 0.2) is 47.4 Å². The van der Waals surface area contributed by atoms with Crippen LogP contribution in [0, 0.1) is 0 Å². The lowest BCUT2D eigenvalue weighted by atomic mass is 10.1. The van der Waals surface area contributed by atoms with Crippen molar-refractivity contribution in [3.05, 3.63) is 64.1 Å². The second kappa shape index (κ2) is 8.73. The number of aromatic nitrogens is 1. The van der Waals surface area contributed by atoms with E-state index in [2.05, 4.69) is 16.3 Å². The van der Waals surface area contributed by atoms with Crippen LogP contribution < -0.4 is 15.8 Å². The van der Waals surface area contributed by atoms with Crippen molar-refractivity contribution in [1.29, 1.82) is 0 Å². The largest absolute Gasteiger partial charge is 0.371 e. The van der Waals surface area contributed by atoms with Crippen LogP contribution in [0.4, 0.5) is 5.69 Å². The van der Waals surface area contributed by atoms with Gasteiger partial charge >= 0.3 is 0 Å². The van der Waals surface area contributed by atoms with Crippen molar-refractivity contribution in [3.63, 3.8) is 0 Å². The Morgan fingerprint density at radius 1 is 1.07 bits per heavy atom. The van der Waals surface area contributed by atoms with E-state index in [9.17, 15) is 14.4 Å². The zero-order valence-corrected chi connectivity index (χ0v) is 16.4. The van der Waals surface area contributed by atoms with E-state index < -0.39 is 0 Å². The van der Waals surface area contributed by atoms with Gasteiger partial charge in [-0.3, -0.25) is 14.4 Å². The number of likely N-dealkylation sites (N-methyl/N-ethyl adjacent to an activating group) is 1. The van der Waals surface area contributed by atoms with E-state index in [-0.39, 0.29) is 23.9 Å². The molecule has 0 atom stereocenters. The topological polar surface area (TPSA) is 74.7 Å². The van der Waals surface area contributed by atoms with E-state index >= 15 is 0 Å². The Kier molecular flexibility index (Phi) is 6.13. The average molecular weight is 382 g/mol. The van der Waals surface area contributed by atoms with Crippen molar-refractivity contribution in [2.24, 2.45) is 0 Å². The molecule has 148 valence electrons. The minimum absolute atomic E-state index is 0.0925. The van der Waals surface area contributed by atoms with Gasteiger partial charge in [0.05, 0.1) is 5.56 Å². The van der Waals surface area contributed by atoms with Crippen LogP contribution in [-0.4, -0.2) is 48.5 Å². The molecule has 1 aliphatic rings. The molecule has 0 bridgehead atoms. The Morgan fingerprint density at radius 2 is 1.79 bits per heavy atom. The number of amides is 2. The van der Waals surface area contributed by atoms with E-state index in [0.717, 1.165) is 24.3 Å². The van der Waals surface area contributed by atoms with Crippen molar-refractivity contribution >= 4 is 17.5 Å². The van der Waals surface area contributed by atoms with Crippen LogP contribution in [0.3, 0.4) is 0 Å². The number of anilines is 1. The molecule has 0 aliphatic carbocycles. The molecule has 7 nitrogen and oxygen atoms in total. The van der Waals surface area contributed by atoms with Crippen molar-refractivity contribution in [3.8, 4) is 0 Å².